The Balaban J connectivity index is 1.34. The van der Waals surface area contributed by atoms with Crippen LogP contribution in [-0.2, 0) is 4.74 Å². The van der Waals surface area contributed by atoms with Crippen molar-refractivity contribution < 1.29 is 9.53 Å². The summed E-state index contributed by atoms with van der Waals surface area (Å²) in [6.07, 6.45) is 4.67. The summed E-state index contributed by atoms with van der Waals surface area (Å²) in [5.41, 5.74) is 5.51. The van der Waals surface area contributed by atoms with Gasteiger partial charge in [-0.15, -0.1) is 0 Å². The zero-order valence-electron chi connectivity index (χ0n) is 15.4. The standard InChI is InChI=1S/C23H18Cl2N2O2/c24-21-15(11-13-26-22(21)25)6-5-12-27-23(28)29-14-20-18-9-3-1-7-16(18)17-8-2-4-10-19(17)20/h1-11,13,20H,12,14H2,(H,27,28). The van der Waals surface area contributed by atoms with E-state index in [1.807, 2.05) is 24.3 Å². The molecule has 0 saturated heterocycles. The van der Waals surface area contributed by atoms with Crippen molar-refractivity contribution in [1.82, 2.24) is 10.3 Å². The summed E-state index contributed by atoms with van der Waals surface area (Å²) in [5, 5.41) is 3.35. The topological polar surface area (TPSA) is 51.2 Å². The van der Waals surface area contributed by atoms with Crippen LogP contribution in [0, 0.1) is 0 Å². The van der Waals surface area contributed by atoms with Crippen LogP contribution in [0.25, 0.3) is 17.2 Å². The maximum atomic E-state index is 12.1. The number of nitrogens with zero attached hydrogens (tertiary/aromatic N) is 1. The average Bonchev–Trinajstić information content (AvgIpc) is 3.06. The zero-order valence-corrected chi connectivity index (χ0v) is 17.0. The van der Waals surface area contributed by atoms with E-state index in [0.717, 1.165) is 5.56 Å². The summed E-state index contributed by atoms with van der Waals surface area (Å²) in [6.45, 7) is 0.600. The first-order valence-corrected chi connectivity index (χ1v) is 9.96. The van der Waals surface area contributed by atoms with Gasteiger partial charge in [0.15, 0.2) is 0 Å². The molecule has 1 amide bonds. The maximum absolute atomic E-state index is 12.1. The van der Waals surface area contributed by atoms with E-state index >= 15 is 0 Å². The Kier molecular flexibility index (Phi) is 5.84. The van der Waals surface area contributed by atoms with E-state index in [9.17, 15) is 4.79 Å². The number of pyridine rings is 1. The molecule has 1 aromatic heterocycles. The van der Waals surface area contributed by atoms with Crippen LogP contribution in [0.4, 0.5) is 4.79 Å². The van der Waals surface area contributed by atoms with Crippen molar-refractivity contribution in [2.45, 2.75) is 5.92 Å². The number of hydrogen-bond donors (Lipinski definition) is 1. The molecule has 2 aromatic carbocycles. The van der Waals surface area contributed by atoms with E-state index in [2.05, 4.69) is 34.6 Å². The molecule has 0 aliphatic heterocycles. The molecule has 29 heavy (non-hydrogen) atoms. The molecular weight excluding hydrogens is 407 g/mol. The quantitative estimate of drug-likeness (QED) is 0.515. The Morgan fingerprint density at radius 1 is 1.03 bits per heavy atom. The second-order valence-corrected chi connectivity index (χ2v) is 7.35. The third-order valence-corrected chi connectivity index (χ3v) is 5.66. The van der Waals surface area contributed by atoms with Gasteiger partial charge in [0.2, 0.25) is 0 Å². The molecule has 3 aromatic rings. The molecule has 4 rings (SSSR count). The van der Waals surface area contributed by atoms with Crippen LogP contribution >= 0.6 is 23.2 Å². The highest BCUT2D eigenvalue weighted by molar-refractivity contribution is 6.42. The number of carbonyl (C=O) groups excluding carboxylic acids is 1. The fraction of sp³-hybridized carbons (Fsp3) is 0.130. The molecule has 0 atom stereocenters. The number of rotatable bonds is 5. The van der Waals surface area contributed by atoms with Gasteiger partial charge in [-0.1, -0.05) is 83.9 Å². The van der Waals surface area contributed by atoms with Crippen LogP contribution in [-0.4, -0.2) is 24.2 Å². The molecule has 0 bridgehead atoms. The number of halogens is 2. The largest absolute Gasteiger partial charge is 0.449 e. The highest BCUT2D eigenvalue weighted by Crippen LogP contribution is 2.44. The summed E-state index contributed by atoms with van der Waals surface area (Å²) in [4.78, 5) is 16.0. The molecule has 4 nitrogen and oxygen atoms in total. The van der Waals surface area contributed by atoms with Crippen LogP contribution < -0.4 is 5.32 Å². The highest BCUT2D eigenvalue weighted by atomic mass is 35.5. The third-order valence-electron chi connectivity index (χ3n) is 4.88. The second kappa shape index (κ2) is 8.68. The molecule has 146 valence electrons. The normalized spacial score (nSPS) is 12.6. The number of ether oxygens (including phenoxy) is 1. The van der Waals surface area contributed by atoms with Crippen molar-refractivity contribution in [3.05, 3.63) is 93.7 Å². The number of carbonyl (C=O) groups is 1. The van der Waals surface area contributed by atoms with Gasteiger partial charge in [0.05, 0.1) is 5.02 Å². The Labute approximate surface area is 179 Å². The molecule has 1 aliphatic carbocycles. The minimum absolute atomic E-state index is 0.0430. The van der Waals surface area contributed by atoms with E-state index in [0.29, 0.717) is 11.6 Å². The predicted octanol–water partition coefficient (Wildman–Crippen LogP) is 5.94. The Morgan fingerprint density at radius 3 is 2.38 bits per heavy atom. The van der Waals surface area contributed by atoms with Gasteiger partial charge in [-0.05, 0) is 33.9 Å². The molecule has 0 unspecified atom stereocenters. The number of amides is 1. The number of aromatic nitrogens is 1. The monoisotopic (exact) mass is 424 g/mol. The molecule has 0 radical (unpaired) electrons. The molecule has 0 saturated carbocycles. The molecule has 1 N–H and O–H groups in total. The fourth-order valence-corrected chi connectivity index (χ4v) is 3.88. The summed E-state index contributed by atoms with van der Waals surface area (Å²) < 4.78 is 5.49. The third kappa shape index (κ3) is 4.14. The van der Waals surface area contributed by atoms with Crippen LogP contribution in [0.15, 0.2) is 66.9 Å². The van der Waals surface area contributed by atoms with E-state index in [1.165, 1.54) is 22.3 Å². The molecular formula is C23H18Cl2N2O2. The lowest BCUT2D eigenvalue weighted by Gasteiger charge is -2.14. The Morgan fingerprint density at radius 2 is 1.69 bits per heavy atom. The van der Waals surface area contributed by atoms with E-state index in [4.69, 9.17) is 27.9 Å². The second-order valence-electron chi connectivity index (χ2n) is 6.61. The molecule has 0 spiro atoms. The minimum atomic E-state index is -0.463. The van der Waals surface area contributed by atoms with E-state index in [-0.39, 0.29) is 17.7 Å². The van der Waals surface area contributed by atoms with Gasteiger partial charge in [0, 0.05) is 18.7 Å². The van der Waals surface area contributed by atoms with E-state index < -0.39 is 6.09 Å². The molecule has 1 heterocycles. The number of fused-ring (bicyclic) bond motifs is 3. The Bertz CT molecular complexity index is 1040. The van der Waals surface area contributed by atoms with Gasteiger partial charge in [0.25, 0.3) is 0 Å². The minimum Gasteiger partial charge on any atom is -0.449 e. The van der Waals surface area contributed by atoms with Gasteiger partial charge >= 0.3 is 6.09 Å². The summed E-state index contributed by atoms with van der Waals surface area (Å²) >= 11 is 12.0. The first-order valence-electron chi connectivity index (χ1n) is 9.20. The lowest BCUT2D eigenvalue weighted by molar-refractivity contribution is 0.144. The smallest absolute Gasteiger partial charge is 0.407 e. The number of nitrogens with one attached hydrogen (secondary N) is 1. The number of benzene rings is 2. The SMILES string of the molecule is O=C(NCC=Cc1ccnc(Cl)c1Cl)OCC1c2ccccc2-c2ccccc21. The molecule has 0 fully saturated rings. The lowest BCUT2D eigenvalue weighted by Crippen LogP contribution is -2.26. The van der Waals surface area contributed by atoms with Gasteiger partial charge in [0.1, 0.15) is 11.8 Å². The molecule has 1 aliphatic rings. The van der Waals surface area contributed by atoms with Crippen LogP contribution in [0.1, 0.15) is 22.6 Å². The first kappa shape index (κ1) is 19.5. The molecule has 6 heteroatoms. The number of alkyl carbamates (subject to hydrolysis) is 1. The fourth-order valence-electron chi connectivity index (χ4n) is 3.54. The van der Waals surface area contributed by atoms with Gasteiger partial charge in [-0.3, -0.25) is 0 Å². The van der Waals surface area contributed by atoms with Gasteiger partial charge < -0.3 is 10.1 Å². The van der Waals surface area contributed by atoms with Crippen molar-refractivity contribution in [3.8, 4) is 11.1 Å². The zero-order chi connectivity index (χ0) is 20.2. The maximum Gasteiger partial charge on any atom is 0.407 e. The van der Waals surface area contributed by atoms with Crippen molar-refractivity contribution in [1.29, 1.82) is 0 Å². The highest BCUT2D eigenvalue weighted by Gasteiger charge is 2.28. The summed E-state index contributed by atoms with van der Waals surface area (Å²) in [7, 11) is 0. The van der Waals surface area contributed by atoms with Crippen molar-refractivity contribution in [2.75, 3.05) is 13.2 Å². The van der Waals surface area contributed by atoms with Gasteiger partial charge in [-0.25, -0.2) is 9.78 Å². The predicted molar refractivity (Wildman–Crippen MR) is 116 cm³/mol. The summed E-state index contributed by atoms with van der Waals surface area (Å²) in [6, 6.07) is 18.2. The van der Waals surface area contributed by atoms with Crippen LogP contribution in [0.2, 0.25) is 10.2 Å². The van der Waals surface area contributed by atoms with E-state index in [1.54, 1.807) is 24.4 Å². The van der Waals surface area contributed by atoms with Crippen LogP contribution in [0.5, 0.6) is 0 Å². The average molecular weight is 425 g/mol. The lowest BCUT2D eigenvalue weighted by atomic mass is 9.98. The van der Waals surface area contributed by atoms with Crippen molar-refractivity contribution >= 4 is 35.4 Å². The van der Waals surface area contributed by atoms with Crippen molar-refractivity contribution in [2.24, 2.45) is 0 Å². The van der Waals surface area contributed by atoms with Crippen molar-refractivity contribution in [3.63, 3.8) is 0 Å². The number of hydrogen-bond acceptors (Lipinski definition) is 3. The van der Waals surface area contributed by atoms with Crippen LogP contribution in [0.3, 0.4) is 0 Å². The summed E-state index contributed by atoms with van der Waals surface area (Å²) in [5.74, 6) is 0.0430. The van der Waals surface area contributed by atoms with Gasteiger partial charge in [-0.2, -0.15) is 0 Å². The first-order chi connectivity index (χ1) is 14.1. The Hall–Kier alpha value is -2.82.